The molecule has 0 spiro atoms. The Balaban J connectivity index is 1.37. The summed E-state index contributed by atoms with van der Waals surface area (Å²) in [7, 11) is -2.26. The second-order valence-corrected chi connectivity index (χ2v) is 9.79. The lowest BCUT2D eigenvalue weighted by Gasteiger charge is -2.56. The third-order valence-electron chi connectivity index (χ3n) is 6.82. The van der Waals surface area contributed by atoms with Crippen molar-refractivity contribution >= 4 is 21.3 Å². The Morgan fingerprint density at radius 1 is 1.19 bits per heavy atom. The number of piperidine rings is 1. The van der Waals surface area contributed by atoms with Gasteiger partial charge in [-0.05, 0) is 62.7 Å². The fourth-order valence-corrected chi connectivity index (χ4v) is 6.96. The monoisotopic (exact) mass is 379 g/mol. The molecule has 7 heteroatoms. The highest BCUT2D eigenvalue weighted by Gasteiger charge is 2.51. The molecule has 0 aromatic heterocycles. The van der Waals surface area contributed by atoms with Gasteiger partial charge >= 0.3 is 6.03 Å². The third kappa shape index (κ3) is 3.56. The van der Waals surface area contributed by atoms with Gasteiger partial charge < -0.3 is 10.6 Å². The normalized spacial score (nSPS) is 38.8. The molecule has 1 saturated heterocycles. The predicted molar refractivity (Wildman–Crippen MR) is 101 cm³/mol. The first-order chi connectivity index (χ1) is 12.5. The molecule has 6 nitrogen and oxygen atoms in total. The smallest absolute Gasteiger partial charge is 0.315 e. The summed E-state index contributed by atoms with van der Waals surface area (Å²) in [5.74, 6) is 2.35. The molecule has 1 heterocycles. The molecule has 4 saturated carbocycles. The maximum absolute atomic E-state index is 12.7. The maximum atomic E-state index is 12.7. The molecule has 5 fully saturated rings. The quantitative estimate of drug-likeness (QED) is 0.578. The third-order valence-corrected chi connectivity index (χ3v) is 7.62. The Hall–Kier alpha value is -1.34. The predicted octanol–water partition coefficient (Wildman–Crippen LogP) is 1.91. The Morgan fingerprint density at radius 2 is 1.81 bits per heavy atom. The Labute approximate surface area is 156 Å². The topological polar surface area (TPSA) is 78.5 Å². The van der Waals surface area contributed by atoms with Crippen molar-refractivity contribution < 1.29 is 13.2 Å². The zero-order chi connectivity index (χ0) is 18.3. The van der Waals surface area contributed by atoms with Gasteiger partial charge in [0.25, 0.3) is 0 Å². The Morgan fingerprint density at radius 3 is 2.35 bits per heavy atom. The second-order valence-electron chi connectivity index (χ2n) is 8.85. The number of nitrogens with one attached hydrogen (secondary N) is 2. The van der Waals surface area contributed by atoms with Crippen LogP contribution in [-0.2, 0) is 10.3 Å². The summed E-state index contributed by atoms with van der Waals surface area (Å²) in [6.45, 7) is 4.83. The molecule has 4 aliphatic carbocycles. The van der Waals surface area contributed by atoms with Crippen molar-refractivity contribution in [3.05, 3.63) is 12.7 Å². The summed E-state index contributed by atoms with van der Waals surface area (Å²) < 4.78 is 23.1. The molecule has 2 N–H and O–H groups in total. The molecule has 1 aliphatic heterocycles. The first kappa shape index (κ1) is 18.0. The standard InChI is InChI=1S/C19H29N3O3S/c1-2-4-22-5-3-16(9-17(22)26(24)25)20-18(23)21-19-10-13-6-14(11-19)8-15(7-13)12-19/h2,13-16H,1,3-12H2,(H2,20,21,23). The largest absolute Gasteiger partial charge is 0.335 e. The van der Waals surface area contributed by atoms with Crippen LogP contribution < -0.4 is 10.6 Å². The Bertz CT molecular complexity index is 687. The van der Waals surface area contributed by atoms with E-state index in [0.717, 1.165) is 43.4 Å². The fourth-order valence-electron chi connectivity index (χ4n) is 6.25. The number of carbonyl (C=O) groups excluding carboxylic acids is 1. The van der Waals surface area contributed by atoms with Crippen LogP contribution in [0, 0.1) is 17.8 Å². The van der Waals surface area contributed by atoms with Gasteiger partial charge in [-0.15, -0.1) is 6.58 Å². The van der Waals surface area contributed by atoms with E-state index in [1.165, 1.54) is 19.3 Å². The number of urea groups is 1. The fraction of sp³-hybridized carbons (Fsp3) is 0.789. The van der Waals surface area contributed by atoms with Gasteiger partial charge in [0.15, 0.2) is 0 Å². The average molecular weight is 380 g/mol. The van der Waals surface area contributed by atoms with Gasteiger partial charge in [0.05, 0.1) is 0 Å². The van der Waals surface area contributed by atoms with E-state index < -0.39 is 10.3 Å². The highest BCUT2D eigenvalue weighted by Crippen LogP contribution is 2.55. The van der Waals surface area contributed by atoms with E-state index in [-0.39, 0.29) is 17.6 Å². The van der Waals surface area contributed by atoms with Gasteiger partial charge in [0, 0.05) is 31.1 Å². The van der Waals surface area contributed by atoms with E-state index in [1.54, 1.807) is 6.08 Å². The van der Waals surface area contributed by atoms with Gasteiger partial charge in [-0.2, -0.15) is 8.42 Å². The summed E-state index contributed by atoms with van der Waals surface area (Å²) in [6.07, 6.45) is 10.2. The molecule has 4 bridgehead atoms. The van der Waals surface area contributed by atoms with Gasteiger partial charge in [0.2, 0.25) is 10.3 Å². The molecule has 1 unspecified atom stereocenters. The van der Waals surface area contributed by atoms with E-state index in [2.05, 4.69) is 17.2 Å². The molecule has 144 valence electrons. The van der Waals surface area contributed by atoms with Crippen LogP contribution in [0.5, 0.6) is 0 Å². The molecule has 0 aromatic carbocycles. The molecule has 26 heavy (non-hydrogen) atoms. The zero-order valence-electron chi connectivity index (χ0n) is 15.2. The molecular formula is C19H29N3O3S. The molecule has 5 rings (SSSR count). The minimum Gasteiger partial charge on any atom is -0.335 e. The number of likely N-dealkylation sites (tertiary alicyclic amines) is 1. The summed E-state index contributed by atoms with van der Waals surface area (Å²) in [5.41, 5.74) is -0.0176. The summed E-state index contributed by atoms with van der Waals surface area (Å²) in [4.78, 5) is 14.9. The van der Waals surface area contributed by atoms with Gasteiger partial charge in [-0.25, -0.2) is 4.79 Å². The van der Waals surface area contributed by atoms with Crippen LogP contribution in [0.4, 0.5) is 4.79 Å². The highest BCUT2D eigenvalue weighted by atomic mass is 32.2. The van der Waals surface area contributed by atoms with Crippen molar-refractivity contribution in [1.29, 1.82) is 0 Å². The number of hydrogen-bond acceptors (Lipinski definition) is 3. The molecule has 0 aromatic rings. The Kier molecular flexibility index (Phi) is 4.86. The van der Waals surface area contributed by atoms with E-state index in [4.69, 9.17) is 0 Å². The SMILES string of the molecule is C=CCN1CCC(NC(=O)NC23CC4CC(CC(C4)C2)C3)CC1=S(=O)=O. The number of amides is 2. The van der Waals surface area contributed by atoms with Gasteiger partial charge in [-0.3, -0.25) is 4.90 Å². The highest BCUT2D eigenvalue weighted by molar-refractivity contribution is 7.72. The van der Waals surface area contributed by atoms with Crippen molar-refractivity contribution in [2.45, 2.75) is 62.9 Å². The van der Waals surface area contributed by atoms with Gasteiger partial charge in [0.1, 0.15) is 4.99 Å². The van der Waals surface area contributed by atoms with Crippen molar-refractivity contribution in [2.24, 2.45) is 17.8 Å². The lowest BCUT2D eigenvalue weighted by Crippen LogP contribution is -2.62. The van der Waals surface area contributed by atoms with Crippen LogP contribution in [0.2, 0.25) is 0 Å². The van der Waals surface area contributed by atoms with Crippen LogP contribution in [0.1, 0.15) is 51.4 Å². The van der Waals surface area contributed by atoms with E-state index in [0.29, 0.717) is 24.5 Å². The van der Waals surface area contributed by atoms with E-state index in [9.17, 15) is 13.2 Å². The van der Waals surface area contributed by atoms with Crippen molar-refractivity contribution in [3.8, 4) is 0 Å². The van der Waals surface area contributed by atoms with Crippen molar-refractivity contribution in [2.75, 3.05) is 13.1 Å². The molecule has 5 aliphatic rings. The average Bonchev–Trinajstić information content (AvgIpc) is 2.54. The van der Waals surface area contributed by atoms with Crippen molar-refractivity contribution in [3.63, 3.8) is 0 Å². The number of hydrogen-bond donors (Lipinski definition) is 2. The minimum atomic E-state index is -2.26. The molecule has 2 amide bonds. The summed E-state index contributed by atoms with van der Waals surface area (Å²) >= 11 is 0. The molecule has 0 radical (unpaired) electrons. The first-order valence-electron chi connectivity index (χ1n) is 9.86. The van der Waals surface area contributed by atoms with Crippen molar-refractivity contribution in [1.82, 2.24) is 15.5 Å². The van der Waals surface area contributed by atoms with Crippen LogP contribution >= 0.6 is 0 Å². The lowest BCUT2D eigenvalue weighted by atomic mass is 9.53. The second kappa shape index (κ2) is 7.00. The van der Waals surface area contributed by atoms with E-state index in [1.807, 2.05) is 4.90 Å². The number of carbonyl (C=O) groups is 1. The van der Waals surface area contributed by atoms with Crippen LogP contribution in [-0.4, -0.2) is 49.0 Å². The van der Waals surface area contributed by atoms with Crippen LogP contribution in [0.15, 0.2) is 12.7 Å². The summed E-state index contributed by atoms with van der Waals surface area (Å²) in [6, 6.07) is -0.247. The first-order valence-corrected chi connectivity index (χ1v) is 10.9. The van der Waals surface area contributed by atoms with Crippen LogP contribution in [0.3, 0.4) is 0 Å². The van der Waals surface area contributed by atoms with E-state index >= 15 is 0 Å². The molecular weight excluding hydrogens is 350 g/mol. The number of rotatable bonds is 4. The van der Waals surface area contributed by atoms with Gasteiger partial charge in [-0.1, -0.05) is 6.08 Å². The minimum absolute atomic E-state index is 0.0176. The lowest BCUT2D eigenvalue weighted by molar-refractivity contribution is -0.0136. The number of nitrogens with zero attached hydrogens (tertiary/aromatic N) is 1. The molecule has 1 atom stereocenters. The maximum Gasteiger partial charge on any atom is 0.315 e. The summed E-state index contributed by atoms with van der Waals surface area (Å²) in [5, 5.41) is 6.35. The van der Waals surface area contributed by atoms with Crippen LogP contribution in [0.25, 0.3) is 0 Å². The zero-order valence-corrected chi connectivity index (χ0v) is 16.1.